The second-order valence-electron chi connectivity index (χ2n) is 6.81. The van der Waals surface area contributed by atoms with Crippen LogP contribution in [0.4, 0.5) is 5.82 Å². The fraction of sp³-hybridized carbons (Fsp3) is 0.143. The second-order valence-corrected chi connectivity index (χ2v) is 6.81. The van der Waals surface area contributed by atoms with Gasteiger partial charge in [-0.05, 0) is 54.4 Å². The van der Waals surface area contributed by atoms with Crippen molar-refractivity contribution >= 4 is 17.5 Å². The SMILES string of the molecule is NC(=O)c1c(N)nc(C(=O)c2ccc(O)cc2)nc1-c1ccc2c(c1)CNCC2. The fourth-order valence-electron chi connectivity index (χ4n) is 3.40. The Morgan fingerprint density at radius 3 is 2.52 bits per heavy atom. The molecule has 8 heteroatoms. The van der Waals surface area contributed by atoms with Crippen LogP contribution >= 0.6 is 0 Å². The first-order chi connectivity index (χ1) is 13.9. The van der Waals surface area contributed by atoms with E-state index in [-0.39, 0.29) is 34.2 Å². The van der Waals surface area contributed by atoms with Crippen molar-refractivity contribution in [3.63, 3.8) is 0 Å². The Balaban J connectivity index is 1.85. The number of hydrogen-bond donors (Lipinski definition) is 4. The summed E-state index contributed by atoms with van der Waals surface area (Å²) < 4.78 is 0. The second kappa shape index (κ2) is 7.33. The molecule has 0 radical (unpaired) electrons. The van der Waals surface area contributed by atoms with Crippen LogP contribution in [0.1, 0.15) is 37.7 Å². The van der Waals surface area contributed by atoms with E-state index in [1.807, 2.05) is 18.2 Å². The number of anilines is 1. The molecule has 1 aliphatic rings. The molecule has 2 heterocycles. The topological polar surface area (TPSA) is 144 Å². The number of benzene rings is 2. The largest absolute Gasteiger partial charge is 0.508 e. The lowest BCUT2D eigenvalue weighted by molar-refractivity contribution is 0.0995. The predicted molar refractivity (Wildman–Crippen MR) is 107 cm³/mol. The van der Waals surface area contributed by atoms with E-state index in [1.165, 1.54) is 29.8 Å². The summed E-state index contributed by atoms with van der Waals surface area (Å²) in [5.41, 5.74) is 14.9. The van der Waals surface area contributed by atoms with Crippen LogP contribution in [0.5, 0.6) is 5.75 Å². The molecule has 0 aliphatic carbocycles. The van der Waals surface area contributed by atoms with Crippen LogP contribution in [0.2, 0.25) is 0 Å². The maximum Gasteiger partial charge on any atom is 0.254 e. The number of nitrogens with one attached hydrogen (secondary N) is 1. The van der Waals surface area contributed by atoms with Crippen molar-refractivity contribution in [2.24, 2.45) is 5.73 Å². The van der Waals surface area contributed by atoms with Gasteiger partial charge in [0.15, 0.2) is 0 Å². The lowest BCUT2D eigenvalue weighted by Gasteiger charge is -2.18. The maximum absolute atomic E-state index is 12.8. The monoisotopic (exact) mass is 389 g/mol. The number of carbonyl (C=O) groups excluding carboxylic acids is 2. The summed E-state index contributed by atoms with van der Waals surface area (Å²) in [6.07, 6.45) is 0.911. The highest BCUT2D eigenvalue weighted by molar-refractivity contribution is 6.09. The molecule has 1 aromatic heterocycles. The first-order valence-corrected chi connectivity index (χ1v) is 9.08. The molecule has 1 amide bonds. The van der Waals surface area contributed by atoms with Crippen molar-refractivity contribution < 1.29 is 14.7 Å². The number of ketones is 1. The Hall–Kier alpha value is -3.78. The van der Waals surface area contributed by atoms with Crippen LogP contribution in [0.25, 0.3) is 11.3 Å². The Kier molecular flexibility index (Phi) is 4.69. The molecule has 0 bridgehead atoms. The van der Waals surface area contributed by atoms with Gasteiger partial charge in [0, 0.05) is 17.7 Å². The summed E-state index contributed by atoms with van der Waals surface area (Å²) in [4.78, 5) is 33.2. The summed E-state index contributed by atoms with van der Waals surface area (Å²) in [6.45, 7) is 1.61. The molecule has 4 rings (SSSR count). The van der Waals surface area contributed by atoms with E-state index in [4.69, 9.17) is 11.5 Å². The van der Waals surface area contributed by atoms with E-state index >= 15 is 0 Å². The van der Waals surface area contributed by atoms with E-state index in [1.54, 1.807) is 0 Å². The minimum atomic E-state index is -0.767. The first-order valence-electron chi connectivity index (χ1n) is 9.08. The zero-order chi connectivity index (χ0) is 20.5. The molecule has 0 spiro atoms. The number of nitrogen functional groups attached to an aromatic ring is 1. The third-order valence-electron chi connectivity index (χ3n) is 4.88. The number of rotatable bonds is 4. The van der Waals surface area contributed by atoms with Crippen LogP contribution in [0.3, 0.4) is 0 Å². The van der Waals surface area contributed by atoms with E-state index in [0.29, 0.717) is 12.1 Å². The fourth-order valence-corrected chi connectivity index (χ4v) is 3.40. The van der Waals surface area contributed by atoms with Gasteiger partial charge in [-0.1, -0.05) is 12.1 Å². The molecular weight excluding hydrogens is 370 g/mol. The number of hydrogen-bond acceptors (Lipinski definition) is 7. The number of nitrogens with two attached hydrogens (primary N) is 2. The predicted octanol–water partition coefficient (Wildman–Crippen LogP) is 1.41. The lowest BCUT2D eigenvalue weighted by atomic mass is 9.96. The van der Waals surface area contributed by atoms with Crippen molar-refractivity contribution in [3.8, 4) is 17.0 Å². The molecule has 146 valence electrons. The molecule has 2 aromatic carbocycles. The van der Waals surface area contributed by atoms with Gasteiger partial charge in [-0.3, -0.25) is 9.59 Å². The van der Waals surface area contributed by atoms with Crippen molar-refractivity contribution in [2.75, 3.05) is 12.3 Å². The molecule has 0 saturated heterocycles. The average molecular weight is 389 g/mol. The van der Waals surface area contributed by atoms with Gasteiger partial charge in [-0.25, -0.2) is 9.97 Å². The number of nitrogens with zero attached hydrogens (tertiary/aromatic N) is 2. The average Bonchev–Trinajstić information content (AvgIpc) is 2.72. The van der Waals surface area contributed by atoms with Crippen LogP contribution in [0.15, 0.2) is 42.5 Å². The van der Waals surface area contributed by atoms with E-state index in [9.17, 15) is 14.7 Å². The van der Waals surface area contributed by atoms with E-state index in [2.05, 4.69) is 15.3 Å². The Bertz CT molecular complexity index is 1130. The zero-order valence-electron chi connectivity index (χ0n) is 15.5. The number of primary amides is 1. The molecule has 6 N–H and O–H groups in total. The molecule has 8 nitrogen and oxygen atoms in total. The smallest absolute Gasteiger partial charge is 0.254 e. The number of aromatic hydroxyl groups is 1. The summed E-state index contributed by atoms with van der Waals surface area (Å²) in [5.74, 6) is -1.51. The van der Waals surface area contributed by atoms with E-state index < -0.39 is 11.7 Å². The van der Waals surface area contributed by atoms with Crippen molar-refractivity contribution in [3.05, 3.63) is 70.5 Å². The minimum absolute atomic E-state index is 0.0176. The quantitative estimate of drug-likeness (QED) is 0.494. The minimum Gasteiger partial charge on any atom is -0.508 e. The molecule has 3 aromatic rings. The molecule has 0 atom stereocenters. The number of amides is 1. The summed E-state index contributed by atoms with van der Waals surface area (Å²) in [6, 6.07) is 11.5. The van der Waals surface area contributed by atoms with Gasteiger partial charge < -0.3 is 21.9 Å². The summed E-state index contributed by atoms with van der Waals surface area (Å²) >= 11 is 0. The highest BCUT2D eigenvalue weighted by atomic mass is 16.3. The lowest BCUT2D eigenvalue weighted by Crippen LogP contribution is -2.23. The van der Waals surface area contributed by atoms with Gasteiger partial charge >= 0.3 is 0 Å². The highest BCUT2D eigenvalue weighted by Gasteiger charge is 2.23. The molecule has 0 unspecified atom stereocenters. The number of phenols is 1. The molecule has 0 fully saturated rings. The number of fused-ring (bicyclic) bond motifs is 1. The molecule has 29 heavy (non-hydrogen) atoms. The highest BCUT2D eigenvalue weighted by Crippen LogP contribution is 2.28. The van der Waals surface area contributed by atoms with Gasteiger partial charge in [-0.2, -0.15) is 0 Å². The van der Waals surface area contributed by atoms with Crippen LogP contribution in [-0.2, 0) is 13.0 Å². The van der Waals surface area contributed by atoms with Gasteiger partial charge in [-0.15, -0.1) is 0 Å². The summed E-state index contributed by atoms with van der Waals surface area (Å²) in [5, 5.41) is 12.7. The van der Waals surface area contributed by atoms with Gasteiger partial charge in [0.05, 0.1) is 5.69 Å². The molecule has 0 saturated carbocycles. The Morgan fingerprint density at radius 1 is 1.03 bits per heavy atom. The summed E-state index contributed by atoms with van der Waals surface area (Å²) in [7, 11) is 0. The molecular formula is C21H19N5O3. The number of carbonyl (C=O) groups is 2. The van der Waals surface area contributed by atoms with Gasteiger partial charge in [0.2, 0.25) is 11.6 Å². The first kappa shape index (κ1) is 18.6. The van der Waals surface area contributed by atoms with Crippen molar-refractivity contribution in [1.29, 1.82) is 0 Å². The Labute approximate surface area is 166 Å². The van der Waals surface area contributed by atoms with Crippen LogP contribution < -0.4 is 16.8 Å². The maximum atomic E-state index is 12.8. The van der Waals surface area contributed by atoms with Gasteiger partial charge in [0.25, 0.3) is 5.91 Å². The van der Waals surface area contributed by atoms with E-state index in [0.717, 1.165) is 18.5 Å². The normalized spacial score (nSPS) is 13.0. The standard InChI is InChI=1S/C21H19N5O3/c22-19-16(20(23)29)17(13-2-1-11-7-8-24-10-14(11)9-13)25-21(26-19)18(28)12-3-5-15(27)6-4-12/h1-6,9,24,27H,7-8,10H2,(H2,23,29)(H2,22,25,26). The third-order valence-corrected chi connectivity index (χ3v) is 4.88. The van der Waals surface area contributed by atoms with Crippen molar-refractivity contribution in [2.45, 2.75) is 13.0 Å². The zero-order valence-corrected chi connectivity index (χ0v) is 15.5. The molecule has 1 aliphatic heterocycles. The number of phenolic OH excluding ortho intramolecular Hbond substituents is 1. The third kappa shape index (κ3) is 3.53. The van der Waals surface area contributed by atoms with Crippen molar-refractivity contribution in [1.82, 2.24) is 15.3 Å². The Morgan fingerprint density at radius 2 is 1.79 bits per heavy atom. The van der Waals surface area contributed by atoms with Crippen LogP contribution in [0, 0.1) is 0 Å². The van der Waals surface area contributed by atoms with Crippen LogP contribution in [-0.4, -0.2) is 33.3 Å². The van der Waals surface area contributed by atoms with Gasteiger partial charge in [0.1, 0.15) is 17.1 Å². The number of aromatic nitrogens is 2.